The lowest BCUT2D eigenvalue weighted by molar-refractivity contribution is -0.384. The number of anilines is 2. The van der Waals surface area contributed by atoms with Crippen LogP contribution in [0.4, 0.5) is 17.1 Å². The van der Waals surface area contributed by atoms with Crippen molar-refractivity contribution < 1.29 is 4.92 Å². The van der Waals surface area contributed by atoms with Gasteiger partial charge in [-0.3, -0.25) is 16.0 Å². The first-order chi connectivity index (χ1) is 9.90. The van der Waals surface area contributed by atoms with E-state index in [0.717, 1.165) is 15.6 Å². The van der Waals surface area contributed by atoms with Gasteiger partial charge in [0.05, 0.1) is 27.4 Å². The van der Waals surface area contributed by atoms with Crippen LogP contribution in [0.1, 0.15) is 28.5 Å². The zero-order valence-corrected chi connectivity index (χ0v) is 12.8. The number of nitrogens with one attached hydrogen (secondary N) is 2. The predicted molar refractivity (Wildman–Crippen MR) is 84.5 cm³/mol. The van der Waals surface area contributed by atoms with Gasteiger partial charge in [-0.1, -0.05) is 0 Å². The number of benzene rings is 1. The molecular formula is C13H17N5O2S. The standard InChI is InChI=1S/C13H17N5O2S/c1-7-13(21-9(3)15-7)8(2)16-10-4-11(17-14)6-12(5-10)18(19)20/h4-6,8,16-17H,14H2,1-3H3. The summed E-state index contributed by atoms with van der Waals surface area (Å²) < 4.78 is 0. The number of thiazole rings is 1. The van der Waals surface area contributed by atoms with Gasteiger partial charge in [-0.2, -0.15) is 0 Å². The molecule has 0 saturated carbocycles. The number of nitro benzene ring substituents is 1. The fourth-order valence-corrected chi connectivity index (χ4v) is 3.08. The summed E-state index contributed by atoms with van der Waals surface area (Å²) in [6, 6.07) is 4.61. The lowest BCUT2D eigenvalue weighted by Crippen LogP contribution is -2.10. The summed E-state index contributed by atoms with van der Waals surface area (Å²) in [6.45, 7) is 5.91. The van der Waals surface area contributed by atoms with Crippen molar-refractivity contribution in [2.24, 2.45) is 5.84 Å². The Hall–Kier alpha value is -2.19. The molecule has 112 valence electrons. The molecule has 0 bridgehead atoms. The molecule has 0 saturated heterocycles. The second-order valence-electron chi connectivity index (χ2n) is 4.72. The van der Waals surface area contributed by atoms with Gasteiger partial charge in [-0.05, 0) is 26.8 Å². The van der Waals surface area contributed by atoms with Crippen LogP contribution < -0.4 is 16.6 Å². The van der Waals surface area contributed by atoms with Gasteiger partial charge >= 0.3 is 0 Å². The van der Waals surface area contributed by atoms with Crippen LogP contribution in [0.3, 0.4) is 0 Å². The largest absolute Gasteiger partial charge is 0.377 e. The van der Waals surface area contributed by atoms with Crippen LogP contribution in [0.2, 0.25) is 0 Å². The van der Waals surface area contributed by atoms with Gasteiger partial charge in [0.15, 0.2) is 0 Å². The van der Waals surface area contributed by atoms with E-state index in [1.165, 1.54) is 12.1 Å². The molecular weight excluding hydrogens is 290 g/mol. The monoisotopic (exact) mass is 307 g/mol. The van der Waals surface area contributed by atoms with E-state index < -0.39 is 4.92 Å². The van der Waals surface area contributed by atoms with Crippen molar-refractivity contribution in [3.63, 3.8) is 0 Å². The van der Waals surface area contributed by atoms with Crippen molar-refractivity contribution >= 4 is 28.4 Å². The lowest BCUT2D eigenvalue weighted by atomic mass is 10.2. The molecule has 7 nitrogen and oxygen atoms in total. The molecule has 2 rings (SSSR count). The highest BCUT2D eigenvalue weighted by Gasteiger charge is 2.15. The second-order valence-corrected chi connectivity index (χ2v) is 5.95. The van der Waals surface area contributed by atoms with E-state index >= 15 is 0 Å². The average molecular weight is 307 g/mol. The summed E-state index contributed by atoms with van der Waals surface area (Å²) in [4.78, 5) is 16.0. The topological polar surface area (TPSA) is 106 Å². The number of nitrogens with two attached hydrogens (primary N) is 1. The molecule has 0 aliphatic rings. The van der Waals surface area contributed by atoms with Gasteiger partial charge in [0.25, 0.3) is 5.69 Å². The SMILES string of the molecule is Cc1nc(C)c(C(C)Nc2cc(NN)cc([N+](=O)[O-])c2)s1. The molecule has 8 heteroatoms. The zero-order valence-electron chi connectivity index (χ0n) is 12.0. The van der Waals surface area contributed by atoms with Crippen molar-refractivity contribution in [1.82, 2.24) is 4.98 Å². The lowest BCUT2D eigenvalue weighted by Gasteiger charge is -2.15. The zero-order chi connectivity index (χ0) is 15.6. The number of hydrogen-bond donors (Lipinski definition) is 3. The van der Waals surface area contributed by atoms with Crippen molar-refractivity contribution in [2.45, 2.75) is 26.8 Å². The van der Waals surface area contributed by atoms with Gasteiger partial charge in [-0.25, -0.2) is 4.98 Å². The van der Waals surface area contributed by atoms with Crippen LogP contribution in [0.25, 0.3) is 0 Å². The average Bonchev–Trinajstić information content (AvgIpc) is 2.77. The van der Waals surface area contributed by atoms with Crippen LogP contribution in [-0.4, -0.2) is 9.91 Å². The summed E-state index contributed by atoms with van der Waals surface area (Å²) in [5.41, 5.74) is 4.51. The highest BCUT2D eigenvalue weighted by atomic mass is 32.1. The molecule has 2 aromatic rings. The summed E-state index contributed by atoms with van der Waals surface area (Å²) in [5, 5.41) is 15.2. The Morgan fingerprint density at radius 3 is 2.52 bits per heavy atom. The first-order valence-corrected chi connectivity index (χ1v) is 7.19. The van der Waals surface area contributed by atoms with Gasteiger partial charge in [0.2, 0.25) is 0 Å². The van der Waals surface area contributed by atoms with E-state index in [9.17, 15) is 10.1 Å². The Morgan fingerprint density at radius 1 is 1.33 bits per heavy atom. The van der Waals surface area contributed by atoms with Crippen molar-refractivity contribution in [1.29, 1.82) is 0 Å². The van der Waals surface area contributed by atoms with E-state index in [4.69, 9.17) is 5.84 Å². The van der Waals surface area contributed by atoms with E-state index in [2.05, 4.69) is 15.7 Å². The third kappa shape index (κ3) is 3.47. The first-order valence-electron chi connectivity index (χ1n) is 6.37. The molecule has 1 unspecified atom stereocenters. The number of non-ortho nitro benzene ring substituents is 1. The Labute approximate surface area is 126 Å². The Balaban J connectivity index is 2.28. The van der Waals surface area contributed by atoms with Crippen molar-refractivity contribution in [3.8, 4) is 0 Å². The van der Waals surface area contributed by atoms with Crippen molar-refractivity contribution in [2.75, 3.05) is 10.7 Å². The van der Waals surface area contributed by atoms with Gasteiger partial charge in [0, 0.05) is 22.7 Å². The second kappa shape index (κ2) is 6.06. The molecule has 4 N–H and O–H groups in total. The molecule has 0 spiro atoms. The van der Waals surface area contributed by atoms with Crippen molar-refractivity contribution in [3.05, 3.63) is 43.9 Å². The smallest absolute Gasteiger partial charge is 0.273 e. The van der Waals surface area contributed by atoms with Gasteiger partial charge in [0.1, 0.15) is 0 Å². The fourth-order valence-electron chi connectivity index (χ4n) is 2.15. The molecule has 0 amide bonds. The van der Waals surface area contributed by atoms with E-state index in [-0.39, 0.29) is 11.7 Å². The third-order valence-corrected chi connectivity index (χ3v) is 4.27. The molecule has 1 aromatic heterocycles. The van der Waals surface area contributed by atoms with Crippen LogP contribution in [0, 0.1) is 24.0 Å². The minimum atomic E-state index is -0.446. The quantitative estimate of drug-likeness (QED) is 0.445. The maximum atomic E-state index is 10.9. The van der Waals surface area contributed by atoms with E-state index in [0.29, 0.717) is 11.4 Å². The molecule has 0 radical (unpaired) electrons. The minimum Gasteiger partial charge on any atom is -0.377 e. The molecule has 1 aromatic carbocycles. The number of rotatable bonds is 5. The summed E-state index contributed by atoms with van der Waals surface area (Å²) in [5.74, 6) is 5.35. The summed E-state index contributed by atoms with van der Waals surface area (Å²) in [6.07, 6.45) is 0. The Bertz CT molecular complexity index is 671. The first kappa shape index (κ1) is 15.2. The third-order valence-electron chi connectivity index (χ3n) is 3.01. The summed E-state index contributed by atoms with van der Waals surface area (Å²) in [7, 11) is 0. The highest BCUT2D eigenvalue weighted by Crippen LogP contribution is 2.30. The number of nitro groups is 1. The maximum absolute atomic E-state index is 10.9. The molecule has 21 heavy (non-hydrogen) atoms. The van der Waals surface area contributed by atoms with Crippen LogP contribution in [0.15, 0.2) is 18.2 Å². The Kier molecular flexibility index (Phi) is 4.39. The Morgan fingerprint density at radius 2 is 2.00 bits per heavy atom. The minimum absolute atomic E-state index is 0.00354. The van der Waals surface area contributed by atoms with E-state index in [1.807, 2.05) is 20.8 Å². The normalized spacial score (nSPS) is 12.0. The molecule has 1 atom stereocenters. The van der Waals surface area contributed by atoms with Gasteiger partial charge < -0.3 is 10.7 Å². The molecule has 0 aliphatic heterocycles. The summed E-state index contributed by atoms with van der Waals surface area (Å²) >= 11 is 1.61. The van der Waals surface area contributed by atoms with Crippen LogP contribution in [0.5, 0.6) is 0 Å². The van der Waals surface area contributed by atoms with Crippen LogP contribution >= 0.6 is 11.3 Å². The highest BCUT2D eigenvalue weighted by molar-refractivity contribution is 7.11. The number of hydrogen-bond acceptors (Lipinski definition) is 7. The van der Waals surface area contributed by atoms with Gasteiger partial charge in [-0.15, -0.1) is 11.3 Å². The predicted octanol–water partition coefficient (Wildman–Crippen LogP) is 3.13. The number of hydrazine groups is 1. The molecule has 0 aliphatic carbocycles. The fraction of sp³-hybridized carbons (Fsp3) is 0.308. The molecule has 1 heterocycles. The number of aromatic nitrogens is 1. The maximum Gasteiger partial charge on any atom is 0.273 e. The van der Waals surface area contributed by atoms with Crippen LogP contribution in [-0.2, 0) is 0 Å². The number of aryl methyl sites for hydroxylation is 2. The molecule has 0 fully saturated rings. The number of nitrogens with zero attached hydrogens (tertiary/aromatic N) is 2. The van der Waals surface area contributed by atoms with E-state index in [1.54, 1.807) is 17.4 Å². The number of nitrogen functional groups attached to an aromatic ring is 1.